The molecule has 1 heteroatoms. The molecule has 0 heterocycles. The molecule has 0 aliphatic heterocycles. The van der Waals surface area contributed by atoms with E-state index in [1.54, 1.807) is 0 Å². The summed E-state index contributed by atoms with van der Waals surface area (Å²) in [5.41, 5.74) is 1.15. The molecule has 0 spiro atoms. The van der Waals surface area contributed by atoms with Crippen molar-refractivity contribution in [3.8, 4) is 0 Å². The topological polar surface area (TPSA) is 17.1 Å². The third kappa shape index (κ3) is 2.01. The van der Waals surface area contributed by atoms with Crippen molar-refractivity contribution < 1.29 is 4.79 Å². The van der Waals surface area contributed by atoms with Crippen LogP contribution < -0.4 is 0 Å². The summed E-state index contributed by atoms with van der Waals surface area (Å²) in [4.78, 5) is 11.9. The summed E-state index contributed by atoms with van der Waals surface area (Å²) in [7, 11) is 0. The number of hydrogen-bond acceptors (Lipinski definition) is 1. The Morgan fingerprint density at radius 3 is 2.69 bits per heavy atom. The molecular weight excluding hydrogens is 160 g/mol. The molecule has 0 atom stereocenters. The van der Waals surface area contributed by atoms with Gasteiger partial charge in [-0.15, -0.1) is 0 Å². The van der Waals surface area contributed by atoms with Crippen LogP contribution in [0.15, 0.2) is 11.6 Å². The van der Waals surface area contributed by atoms with Crippen LogP contribution in [0.2, 0.25) is 0 Å². The summed E-state index contributed by atoms with van der Waals surface area (Å²) in [6.45, 7) is 0. The van der Waals surface area contributed by atoms with Crippen LogP contribution in [-0.2, 0) is 4.79 Å². The van der Waals surface area contributed by atoms with Crippen molar-refractivity contribution in [2.75, 3.05) is 0 Å². The Labute approximate surface area is 80.2 Å². The lowest BCUT2D eigenvalue weighted by Crippen LogP contribution is -2.23. The molecule has 1 nitrogen and oxygen atoms in total. The fourth-order valence-electron chi connectivity index (χ4n) is 2.17. The van der Waals surface area contributed by atoms with Gasteiger partial charge in [0, 0.05) is 5.92 Å². The molecule has 0 saturated heterocycles. The lowest BCUT2D eigenvalue weighted by molar-refractivity contribution is -0.121. The predicted octanol–water partition coefficient (Wildman–Crippen LogP) is 3.25. The van der Waals surface area contributed by atoms with Crippen LogP contribution in [0.3, 0.4) is 0 Å². The summed E-state index contributed by atoms with van der Waals surface area (Å²) in [5.74, 6) is 0.887. The standard InChI is InChI=1S/C12H18O/c13-12(11-8-5-9-11)10-6-3-1-2-4-7-10/h6,11H,1-5,7-9H2. The molecule has 0 aromatic heterocycles. The van der Waals surface area contributed by atoms with Crippen molar-refractivity contribution in [1.29, 1.82) is 0 Å². The van der Waals surface area contributed by atoms with E-state index in [1.807, 2.05) is 0 Å². The first-order chi connectivity index (χ1) is 6.38. The van der Waals surface area contributed by atoms with Gasteiger partial charge in [0.15, 0.2) is 5.78 Å². The Hall–Kier alpha value is -0.590. The molecule has 0 unspecified atom stereocenters. The summed E-state index contributed by atoms with van der Waals surface area (Å²) < 4.78 is 0. The molecule has 72 valence electrons. The fraction of sp³-hybridized carbons (Fsp3) is 0.750. The highest BCUT2D eigenvalue weighted by Gasteiger charge is 2.27. The average Bonchev–Trinajstić information content (AvgIpc) is 2.27. The molecule has 0 N–H and O–H groups in total. The van der Waals surface area contributed by atoms with E-state index in [-0.39, 0.29) is 0 Å². The monoisotopic (exact) mass is 178 g/mol. The van der Waals surface area contributed by atoms with Gasteiger partial charge in [-0.25, -0.2) is 0 Å². The highest BCUT2D eigenvalue weighted by atomic mass is 16.1. The van der Waals surface area contributed by atoms with Crippen molar-refractivity contribution in [3.63, 3.8) is 0 Å². The molecule has 0 aromatic carbocycles. The number of Topliss-reactive ketones (excluding diaryl/α,β-unsaturated/α-hetero) is 1. The molecule has 2 aliphatic rings. The predicted molar refractivity (Wildman–Crippen MR) is 53.5 cm³/mol. The Kier molecular flexibility index (Phi) is 2.82. The van der Waals surface area contributed by atoms with Crippen LogP contribution in [0.5, 0.6) is 0 Å². The van der Waals surface area contributed by atoms with Crippen LogP contribution in [0.25, 0.3) is 0 Å². The largest absolute Gasteiger partial charge is 0.294 e. The van der Waals surface area contributed by atoms with Gasteiger partial charge in [-0.2, -0.15) is 0 Å². The minimum absolute atomic E-state index is 0.407. The van der Waals surface area contributed by atoms with Crippen LogP contribution in [0, 0.1) is 5.92 Å². The minimum Gasteiger partial charge on any atom is -0.294 e. The number of ketones is 1. The highest BCUT2D eigenvalue weighted by Crippen LogP contribution is 2.31. The maximum absolute atomic E-state index is 11.9. The second kappa shape index (κ2) is 4.08. The number of hydrogen-bond donors (Lipinski definition) is 0. The van der Waals surface area contributed by atoms with Gasteiger partial charge in [-0.1, -0.05) is 18.9 Å². The zero-order chi connectivity index (χ0) is 9.10. The molecule has 0 amide bonds. The molecule has 1 saturated carbocycles. The van der Waals surface area contributed by atoms with E-state index in [0.29, 0.717) is 11.7 Å². The van der Waals surface area contributed by atoms with Crippen molar-refractivity contribution in [2.45, 2.75) is 51.4 Å². The van der Waals surface area contributed by atoms with Crippen molar-refractivity contribution in [3.05, 3.63) is 11.6 Å². The quantitative estimate of drug-likeness (QED) is 0.634. The zero-order valence-corrected chi connectivity index (χ0v) is 8.22. The van der Waals surface area contributed by atoms with E-state index in [9.17, 15) is 4.79 Å². The third-order valence-corrected chi connectivity index (χ3v) is 3.33. The Morgan fingerprint density at radius 1 is 1.15 bits per heavy atom. The third-order valence-electron chi connectivity index (χ3n) is 3.33. The molecule has 2 aliphatic carbocycles. The molecule has 0 radical (unpaired) electrons. The van der Waals surface area contributed by atoms with Gasteiger partial charge < -0.3 is 0 Å². The van der Waals surface area contributed by atoms with Gasteiger partial charge in [-0.3, -0.25) is 4.79 Å². The first-order valence-corrected chi connectivity index (χ1v) is 5.61. The fourth-order valence-corrected chi connectivity index (χ4v) is 2.17. The van der Waals surface area contributed by atoms with Gasteiger partial charge in [0.25, 0.3) is 0 Å². The Bertz CT molecular complexity index is 223. The van der Waals surface area contributed by atoms with E-state index < -0.39 is 0 Å². The van der Waals surface area contributed by atoms with Crippen molar-refractivity contribution in [1.82, 2.24) is 0 Å². The zero-order valence-electron chi connectivity index (χ0n) is 8.22. The first-order valence-electron chi connectivity index (χ1n) is 5.61. The summed E-state index contributed by atoms with van der Waals surface area (Å²) in [6.07, 6.45) is 11.8. The van der Waals surface area contributed by atoms with E-state index in [1.165, 1.54) is 25.7 Å². The second-order valence-corrected chi connectivity index (χ2v) is 4.32. The van der Waals surface area contributed by atoms with Gasteiger partial charge in [-0.05, 0) is 44.1 Å². The molecule has 1 fully saturated rings. The van der Waals surface area contributed by atoms with Crippen LogP contribution in [0.1, 0.15) is 51.4 Å². The van der Waals surface area contributed by atoms with Crippen molar-refractivity contribution >= 4 is 5.78 Å². The van der Waals surface area contributed by atoms with E-state index in [0.717, 1.165) is 31.3 Å². The van der Waals surface area contributed by atoms with Crippen molar-refractivity contribution in [2.24, 2.45) is 5.92 Å². The molecule has 0 aromatic rings. The first kappa shape index (κ1) is 8.98. The summed E-state index contributed by atoms with van der Waals surface area (Å²) in [6, 6.07) is 0. The second-order valence-electron chi connectivity index (χ2n) is 4.32. The minimum atomic E-state index is 0.407. The lowest BCUT2D eigenvalue weighted by Gasteiger charge is -2.24. The smallest absolute Gasteiger partial charge is 0.161 e. The molecule has 2 rings (SSSR count). The van der Waals surface area contributed by atoms with Gasteiger partial charge in [0.05, 0.1) is 0 Å². The Balaban J connectivity index is 1.96. The number of allylic oxidation sites excluding steroid dienone is 2. The lowest BCUT2D eigenvalue weighted by atomic mass is 9.79. The van der Waals surface area contributed by atoms with E-state index in [4.69, 9.17) is 0 Å². The van der Waals surface area contributed by atoms with Crippen LogP contribution in [-0.4, -0.2) is 5.78 Å². The van der Waals surface area contributed by atoms with Gasteiger partial charge >= 0.3 is 0 Å². The van der Waals surface area contributed by atoms with Gasteiger partial charge in [0.1, 0.15) is 0 Å². The average molecular weight is 178 g/mol. The summed E-state index contributed by atoms with van der Waals surface area (Å²) in [5, 5.41) is 0. The normalized spacial score (nSPS) is 24.5. The number of rotatable bonds is 2. The van der Waals surface area contributed by atoms with Crippen LogP contribution >= 0.6 is 0 Å². The number of carbonyl (C=O) groups is 1. The molecule has 0 bridgehead atoms. The maximum Gasteiger partial charge on any atom is 0.161 e. The molecule has 13 heavy (non-hydrogen) atoms. The Morgan fingerprint density at radius 2 is 2.00 bits per heavy atom. The maximum atomic E-state index is 11.9. The van der Waals surface area contributed by atoms with Crippen LogP contribution in [0.4, 0.5) is 0 Å². The molecular formula is C12H18O. The number of carbonyl (C=O) groups excluding carboxylic acids is 1. The van der Waals surface area contributed by atoms with E-state index >= 15 is 0 Å². The SMILES string of the molecule is O=C(C1=CCCCCC1)C1CCC1. The van der Waals surface area contributed by atoms with Gasteiger partial charge in [0.2, 0.25) is 0 Å². The van der Waals surface area contributed by atoms with E-state index in [2.05, 4.69) is 6.08 Å². The highest BCUT2D eigenvalue weighted by molar-refractivity contribution is 5.97. The summed E-state index contributed by atoms with van der Waals surface area (Å²) >= 11 is 0.